The van der Waals surface area contributed by atoms with Crippen LogP contribution in [0.4, 0.5) is 4.39 Å². The molecule has 0 aliphatic heterocycles. The number of hydrogen-bond donors (Lipinski definition) is 1. The van der Waals surface area contributed by atoms with E-state index in [0.29, 0.717) is 5.56 Å². The van der Waals surface area contributed by atoms with Crippen molar-refractivity contribution in [3.05, 3.63) is 41.6 Å². The van der Waals surface area contributed by atoms with E-state index in [1.165, 1.54) is 12.1 Å². The van der Waals surface area contributed by atoms with Gasteiger partial charge < -0.3 is 5.11 Å². The monoisotopic (exact) mass is 151 g/mol. The van der Waals surface area contributed by atoms with Crippen LogP contribution < -0.4 is 0 Å². The van der Waals surface area contributed by atoms with Gasteiger partial charge in [0.15, 0.2) is 0 Å². The van der Waals surface area contributed by atoms with E-state index in [1.54, 1.807) is 12.5 Å². The Morgan fingerprint density at radius 2 is 2.27 bits per heavy atom. The van der Waals surface area contributed by atoms with E-state index in [-0.39, 0.29) is 5.82 Å². The lowest BCUT2D eigenvalue weighted by molar-refractivity contribution is 0.217. The van der Waals surface area contributed by atoms with E-state index in [4.69, 9.17) is 0 Å². The van der Waals surface area contributed by atoms with Crippen molar-refractivity contribution < 1.29 is 9.50 Å². The van der Waals surface area contributed by atoms with Crippen LogP contribution in [0.5, 0.6) is 0 Å². The fourth-order valence-corrected chi connectivity index (χ4v) is 1.39. The molecule has 1 aromatic rings. The molecular formula is C9H8FO. The summed E-state index contributed by atoms with van der Waals surface area (Å²) in [4.78, 5) is 0. The Bertz CT molecular complexity index is 283. The number of benzene rings is 1. The van der Waals surface area contributed by atoms with Crippen molar-refractivity contribution in [2.75, 3.05) is 0 Å². The molecule has 0 saturated carbocycles. The maximum absolute atomic E-state index is 12.6. The Labute approximate surface area is 64.5 Å². The van der Waals surface area contributed by atoms with Crippen LogP contribution >= 0.6 is 0 Å². The maximum atomic E-state index is 12.6. The van der Waals surface area contributed by atoms with Gasteiger partial charge in [0.25, 0.3) is 0 Å². The van der Waals surface area contributed by atoms with E-state index < -0.39 is 6.10 Å². The highest BCUT2D eigenvalue weighted by molar-refractivity contribution is 5.37. The Morgan fingerprint density at radius 1 is 1.45 bits per heavy atom. The summed E-state index contributed by atoms with van der Waals surface area (Å²) < 4.78 is 12.6. The Balaban J connectivity index is 2.52. The highest BCUT2D eigenvalue weighted by Crippen LogP contribution is 2.30. The minimum Gasteiger partial charge on any atom is -0.388 e. The molecule has 0 fully saturated rings. The lowest BCUT2D eigenvalue weighted by Crippen LogP contribution is -1.90. The van der Waals surface area contributed by atoms with Crippen molar-refractivity contribution in [3.8, 4) is 0 Å². The quantitative estimate of drug-likeness (QED) is 0.597. The second-order valence-electron chi connectivity index (χ2n) is 2.73. The molecule has 0 aromatic heterocycles. The van der Waals surface area contributed by atoms with E-state index in [9.17, 15) is 9.50 Å². The van der Waals surface area contributed by atoms with Gasteiger partial charge >= 0.3 is 0 Å². The maximum Gasteiger partial charge on any atom is 0.123 e. The highest BCUT2D eigenvalue weighted by atomic mass is 19.1. The van der Waals surface area contributed by atoms with Gasteiger partial charge in [-0.15, -0.1) is 0 Å². The number of hydrogen-bond acceptors (Lipinski definition) is 1. The van der Waals surface area contributed by atoms with Gasteiger partial charge in [0.2, 0.25) is 0 Å². The third-order valence-electron chi connectivity index (χ3n) is 1.99. The average molecular weight is 151 g/mol. The molecule has 0 amide bonds. The smallest absolute Gasteiger partial charge is 0.123 e. The molecule has 11 heavy (non-hydrogen) atoms. The summed E-state index contributed by atoms with van der Waals surface area (Å²) in [6.07, 6.45) is 1.95. The van der Waals surface area contributed by atoms with E-state index in [1.807, 2.05) is 0 Å². The highest BCUT2D eigenvalue weighted by Gasteiger charge is 2.20. The molecule has 1 unspecified atom stereocenters. The summed E-state index contributed by atoms with van der Waals surface area (Å²) in [5.74, 6) is -0.280. The molecule has 0 spiro atoms. The fourth-order valence-electron chi connectivity index (χ4n) is 1.39. The van der Waals surface area contributed by atoms with Gasteiger partial charge in [-0.2, -0.15) is 0 Å². The van der Waals surface area contributed by atoms with Gasteiger partial charge in [0, 0.05) is 0 Å². The van der Waals surface area contributed by atoms with Gasteiger partial charge in [0.05, 0.1) is 6.10 Å². The van der Waals surface area contributed by atoms with Crippen LogP contribution in [0, 0.1) is 12.2 Å². The number of fused-ring (bicyclic) bond motifs is 1. The second-order valence-corrected chi connectivity index (χ2v) is 2.73. The van der Waals surface area contributed by atoms with E-state index in [2.05, 4.69) is 0 Å². The van der Waals surface area contributed by atoms with Crippen molar-refractivity contribution in [2.24, 2.45) is 0 Å². The predicted octanol–water partition coefficient (Wildman–Crippen LogP) is 1.62. The number of rotatable bonds is 0. The van der Waals surface area contributed by atoms with E-state index >= 15 is 0 Å². The molecule has 1 atom stereocenters. The summed E-state index contributed by atoms with van der Waals surface area (Å²) in [7, 11) is 0. The largest absolute Gasteiger partial charge is 0.388 e. The molecule has 1 aliphatic rings. The molecule has 1 radical (unpaired) electrons. The first-order valence-electron chi connectivity index (χ1n) is 3.57. The molecule has 2 rings (SSSR count). The molecule has 57 valence electrons. The second kappa shape index (κ2) is 2.31. The minimum atomic E-state index is -0.569. The molecule has 2 heteroatoms. The summed E-state index contributed by atoms with van der Waals surface area (Å²) >= 11 is 0. The molecule has 0 bridgehead atoms. The predicted molar refractivity (Wildman–Crippen MR) is 39.4 cm³/mol. The zero-order chi connectivity index (χ0) is 7.84. The van der Waals surface area contributed by atoms with E-state index in [0.717, 1.165) is 12.0 Å². The molecule has 0 heterocycles. The third-order valence-corrected chi connectivity index (χ3v) is 1.99. The topological polar surface area (TPSA) is 20.2 Å². The minimum absolute atomic E-state index is 0.280. The standard InChI is InChI=1S/C9H8FO/c10-7-3-1-6-2-4-9(11)8(6)5-7/h1,3-5,9,11H,2H2. The first-order chi connectivity index (χ1) is 5.27. The zero-order valence-corrected chi connectivity index (χ0v) is 5.92. The normalized spacial score (nSPS) is 21.8. The first-order valence-corrected chi connectivity index (χ1v) is 3.57. The summed E-state index contributed by atoms with van der Waals surface area (Å²) in [5, 5.41) is 9.28. The van der Waals surface area contributed by atoms with Crippen molar-refractivity contribution in [1.82, 2.24) is 0 Å². The summed E-state index contributed by atoms with van der Waals surface area (Å²) in [5.41, 5.74) is 1.74. The van der Waals surface area contributed by atoms with Gasteiger partial charge in [-0.05, 0) is 36.1 Å². The van der Waals surface area contributed by atoms with Crippen LogP contribution in [0.2, 0.25) is 0 Å². The Morgan fingerprint density at radius 3 is 3.09 bits per heavy atom. The lowest BCUT2D eigenvalue weighted by Gasteiger charge is -2.01. The Kier molecular flexibility index (Phi) is 1.43. The lowest BCUT2D eigenvalue weighted by atomic mass is 10.1. The van der Waals surface area contributed by atoms with Gasteiger partial charge in [-0.25, -0.2) is 4.39 Å². The SMILES string of the molecule is OC1[CH]Cc2ccc(F)cc21. The van der Waals surface area contributed by atoms with Crippen molar-refractivity contribution >= 4 is 0 Å². The van der Waals surface area contributed by atoms with Crippen molar-refractivity contribution in [3.63, 3.8) is 0 Å². The van der Waals surface area contributed by atoms with Crippen LogP contribution in [-0.2, 0) is 6.42 Å². The van der Waals surface area contributed by atoms with Crippen molar-refractivity contribution in [1.29, 1.82) is 0 Å². The first kappa shape index (κ1) is 6.80. The van der Waals surface area contributed by atoms with Gasteiger partial charge in [-0.1, -0.05) is 6.07 Å². The van der Waals surface area contributed by atoms with Crippen LogP contribution in [0.3, 0.4) is 0 Å². The number of halogens is 1. The number of aliphatic hydroxyl groups excluding tert-OH is 1. The number of aliphatic hydroxyl groups is 1. The Hall–Kier alpha value is -0.890. The molecule has 1 aliphatic carbocycles. The van der Waals surface area contributed by atoms with Crippen LogP contribution in [0.1, 0.15) is 17.2 Å². The van der Waals surface area contributed by atoms with Gasteiger partial charge in [-0.3, -0.25) is 0 Å². The van der Waals surface area contributed by atoms with Crippen molar-refractivity contribution in [2.45, 2.75) is 12.5 Å². The molecule has 1 nitrogen and oxygen atoms in total. The molecule has 0 saturated heterocycles. The van der Waals surface area contributed by atoms with Crippen LogP contribution in [0.25, 0.3) is 0 Å². The van der Waals surface area contributed by atoms with Crippen LogP contribution in [-0.4, -0.2) is 5.11 Å². The average Bonchev–Trinajstić information content (AvgIpc) is 2.33. The van der Waals surface area contributed by atoms with Gasteiger partial charge in [0.1, 0.15) is 5.82 Å². The molecular weight excluding hydrogens is 143 g/mol. The zero-order valence-electron chi connectivity index (χ0n) is 5.92. The summed E-state index contributed by atoms with van der Waals surface area (Å²) in [6.45, 7) is 0. The van der Waals surface area contributed by atoms with Crippen LogP contribution in [0.15, 0.2) is 18.2 Å². The summed E-state index contributed by atoms with van der Waals surface area (Å²) in [6, 6.07) is 4.53. The molecule has 1 N–H and O–H groups in total. The fraction of sp³-hybridized carbons (Fsp3) is 0.222. The molecule has 1 aromatic carbocycles. The third kappa shape index (κ3) is 1.03.